The number of nitrogens with zero attached hydrogens (tertiary/aromatic N) is 3. The number of aryl methyl sites for hydroxylation is 1. The highest BCUT2D eigenvalue weighted by molar-refractivity contribution is 7.80. The second-order valence-electron chi connectivity index (χ2n) is 7.64. The van der Waals surface area contributed by atoms with Crippen LogP contribution in [0, 0.1) is 5.92 Å². The largest absolute Gasteiger partial charge is 0.324 e. The Hall–Kier alpha value is -2.64. The van der Waals surface area contributed by atoms with E-state index in [-0.39, 0.29) is 0 Å². The Bertz CT molecular complexity index is 1150. The summed E-state index contributed by atoms with van der Waals surface area (Å²) < 4.78 is 1.18. The summed E-state index contributed by atoms with van der Waals surface area (Å²) in [5.74, 6) is 1.81. The van der Waals surface area contributed by atoms with Gasteiger partial charge in [0.2, 0.25) is 5.95 Å². The molecule has 0 aliphatic heterocycles. The average Bonchev–Trinajstić information content (AvgIpc) is 3.10. The van der Waals surface area contributed by atoms with Crippen LogP contribution in [0.2, 0.25) is 0 Å². The quantitative estimate of drug-likeness (QED) is 0.285. The van der Waals surface area contributed by atoms with Crippen LogP contribution in [-0.4, -0.2) is 15.0 Å². The molecule has 0 bridgehead atoms. The lowest BCUT2D eigenvalue weighted by atomic mass is 10.1. The number of aromatic nitrogens is 3. The van der Waals surface area contributed by atoms with Gasteiger partial charge >= 0.3 is 0 Å². The number of hydrogen-bond donors (Lipinski definition) is 3. The van der Waals surface area contributed by atoms with Gasteiger partial charge in [-0.05, 0) is 60.7 Å². The van der Waals surface area contributed by atoms with Gasteiger partial charge in [-0.15, -0.1) is 12.6 Å². The zero-order chi connectivity index (χ0) is 21.1. The minimum atomic E-state index is 0.499. The zero-order valence-electron chi connectivity index (χ0n) is 17.3. The fourth-order valence-electron chi connectivity index (χ4n) is 3.17. The lowest BCUT2D eigenvalue weighted by Crippen LogP contribution is -2.06. The predicted molar refractivity (Wildman–Crippen MR) is 130 cm³/mol. The maximum absolute atomic E-state index is 4.72. The summed E-state index contributed by atoms with van der Waals surface area (Å²) in [6, 6.07) is 16.2. The van der Waals surface area contributed by atoms with Gasteiger partial charge in [-0.25, -0.2) is 9.97 Å². The number of hydrogen-bond acceptors (Lipinski definition) is 7. The van der Waals surface area contributed by atoms with Gasteiger partial charge in [0.25, 0.3) is 0 Å². The Kier molecular flexibility index (Phi) is 6.20. The maximum atomic E-state index is 4.72. The highest BCUT2D eigenvalue weighted by atomic mass is 32.1. The molecule has 2 N–H and O–H groups in total. The van der Waals surface area contributed by atoms with Crippen LogP contribution in [0.3, 0.4) is 0 Å². The fraction of sp³-hybridized carbons (Fsp3) is 0.261. The summed E-state index contributed by atoms with van der Waals surface area (Å²) >= 11 is 5.98. The normalized spacial score (nSPS) is 11.2. The molecule has 2 aromatic carbocycles. The van der Waals surface area contributed by atoms with E-state index in [1.165, 1.54) is 10.3 Å². The molecule has 0 aliphatic carbocycles. The van der Waals surface area contributed by atoms with Crippen molar-refractivity contribution in [3.05, 3.63) is 59.8 Å². The van der Waals surface area contributed by atoms with Gasteiger partial charge in [-0.1, -0.05) is 38.2 Å². The summed E-state index contributed by atoms with van der Waals surface area (Å²) in [6.45, 7) is 6.54. The Morgan fingerprint density at radius 3 is 2.50 bits per heavy atom. The smallest absolute Gasteiger partial charge is 0.229 e. The topological polar surface area (TPSA) is 62.7 Å². The molecule has 0 radical (unpaired) electrons. The van der Waals surface area contributed by atoms with Crippen molar-refractivity contribution in [3.8, 4) is 0 Å². The Morgan fingerprint density at radius 2 is 1.77 bits per heavy atom. The number of thiol groups is 1. The van der Waals surface area contributed by atoms with Crippen LogP contribution in [0.4, 0.5) is 22.6 Å². The predicted octanol–water partition coefficient (Wildman–Crippen LogP) is 6.62. The number of nitrogens with one attached hydrogen (secondary N) is 2. The minimum Gasteiger partial charge on any atom is -0.324 e. The van der Waals surface area contributed by atoms with Crippen LogP contribution < -0.4 is 10.6 Å². The monoisotopic (exact) mass is 435 g/mol. The molecular weight excluding hydrogens is 410 g/mol. The number of rotatable bonds is 7. The summed E-state index contributed by atoms with van der Waals surface area (Å²) in [7, 11) is 0. The molecule has 0 atom stereocenters. The van der Waals surface area contributed by atoms with Crippen LogP contribution in [0.1, 0.15) is 32.0 Å². The summed E-state index contributed by atoms with van der Waals surface area (Å²) in [5.41, 5.74) is 4.23. The van der Waals surface area contributed by atoms with E-state index < -0.39 is 0 Å². The third-order valence-electron chi connectivity index (χ3n) is 4.62. The molecule has 0 saturated heterocycles. The van der Waals surface area contributed by atoms with Gasteiger partial charge in [0.1, 0.15) is 5.82 Å². The van der Waals surface area contributed by atoms with E-state index in [9.17, 15) is 0 Å². The highest BCUT2D eigenvalue weighted by Gasteiger charge is 2.10. The lowest BCUT2D eigenvalue weighted by molar-refractivity contribution is 0.635. The third kappa shape index (κ3) is 5.09. The maximum Gasteiger partial charge on any atom is 0.229 e. The van der Waals surface area contributed by atoms with Gasteiger partial charge in [-0.2, -0.15) is 4.98 Å². The van der Waals surface area contributed by atoms with E-state index >= 15 is 0 Å². The molecule has 30 heavy (non-hydrogen) atoms. The van der Waals surface area contributed by atoms with Crippen LogP contribution in [0.15, 0.2) is 53.4 Å². The van der Waals surface area contributed by atoms with Gasteiger partial charge in [0.15, 0.2) is 5.13 Å². The standard InChI is InChI=1S/C23H25N5S2/c1-4-15-5-10-19-20(12-15)30-23(26-19)28-21-13-17(11-14(2)3)25-22(27-21)24-16-6-8-18(29)9-7-16/h5-10,12-14,29H,4,11H2,1-3H3,(H2,24,25,26,27,28). The van der Waals surface area contributed by atoms with Crippen LogP contribution in [0.25, 0.3) is 10.2 Å². The molecule has 4 rings (SSSR count). The molecule has 2 heterocycles. The number of thiazole rings is 1. The van der Waals surface area contributed by atoms with Crippen molar-refractivity contribution in [1.29, 1.82) is 0 Å². The van der Waals surface area contributed by atoms with E-state index in [4.69, 9.17) is 9.97 Å². The summed E-state index contributed by atoms with van der Waals surface area (Å²) in [4.78, 5) is 15.0. The second kappa shape index (κ2) is 9.02. The molecule has 4 aromatic rings. The van der Waals surface area contributed by atoms with E-state index in [1.54, 1.807) is 11.3 Å². The van der Waals surface area contributed by atoms with Gasteiger partial charge in [0.05, 0.1) is 10.2 Å². The number of benzene rings is 2. The first kappa shape index (κ1) is 20.6. The molecule has 0 aliphatic rings. The molecule has 0 fully saturated rings. The van der Waals surface area contributed by atoms with Gasteiger partial charge in [-0.3, -0.25) is 0 Å². The lowest BCUT2D eigenvalue weighted by Gasteiger charge is -2.11. The molecule has 0 amide bonds. The van der Waals surface area contributed by atoms with Crippen molar-refractivity contribution in [2.24, 2.45) is 5.92 Å². The van der Waals surface area contributed by atoms with Gasteiger partial charge in [0, 0.05) is 22.3 Å². The van der Waals surface area contributed by atoms with Crippen molar-refractivity contribution >= 4 is 56.8 Å². The van der Waals surface area contributed by atoms with Crippen LogP contribution in [0.5, 0.6) is 0 Å². The average molecular weight is 436 g/mol. The summed E-state index contributed by atoms with van der Waals surface area (Å²) in [6.07, 6.45) is 1.89. The number of anilines is 4. The minimum absolute atomic E-state index is 0.499. The first-order valence-electron chi connectivity index (χ1n) is 10.1. The molecule has 0 spiro atoms. The van der Waals surface area contributed by atoms with E-state index in [0.717, 1.165) is 45.6 Å². The van der Waals surface area contributed by atoms with E-state index in [1.807, 2.05) is 30.3 Å². The molecular formula is C23H25N5S2. The second-order valence-corrected chi connectivity index (χ2v) is 9.18. The van der Waals surface area contributed by atoms with Crippen LogP contribution >= 0.6 is 24.0 Å². The Morgan fingerprint density at radius 1 is 0.967 bits per heavy atom. The molecule has 0 saturated carbocycles. The fourth-order valence-corrected chi connectivity index (χ4v) is 4.25. The highest BCUT2D eigenvalue weighted by Crippen LogP contribution is 2.29. The van der Waals surface area contributed by atoms with Crippen molar-refractivity contribution in [3.63, 3.8) is 0 Å². The number of fused-ring (bicyclic) bond motifs is 1. The van der Waals surface area contributed by atoms with Crippen molar-refractivity contribution in [1.82, 2.24) is 15.0 Å². The molecule has 154 valence electrons. The zero-order valence-corrected chi connectivity index (χ0v) is 19.0. The molecule has 7 heteroatoms. The van der Waals surface area contributed by atoms with Gasteiger partial charge < -0.3 is 10.6 Å². The van der Waals surface area contributed by atoms with E-state index in [2.05, 4.69) is 67.2 Å². The van der Waals surface area contributed by atoms with Crippen molar-refractivity contribution < 1.29 is 0 Å². The van der Waals surface area contributed by atoms with Crippen molar-refractivity contribution in [2.45, 2.75) is 38.5 Å². The molecule has 0 unspecified atom stereocenters. The van der Waals surface area contributed by atoms with E-state index in [0.29, 0.717) is 11.9 Å². The molecule has 2 aromatic heterocycles. The Labute approximate surface area is 186 Å². The third-order valence-corrected chi connectivity index (χ3v) is 5.85. The van der Waals surface area contributed by atoms with Crippen LogP contribution in [-0.2, 0) is 12.8 Å². The summed E-state index contributed by atoms with van der Waals surface area (Å²) in [5, 5.41) is 7.51. The molecule has 5 nitrogen and oxygen atoms in total. The first-order valence-corrected chi connectivity index (χ1v) is 11.4. The first-order chi connectivity index (χ1) is 14.5. The SMILES string of the molecule is CCc1ccc2nc(Nc3cc(CC(C)C)nc(Nc4ccc(S)cc4)n3)sc2c1. The van der Waals surface area contributed by atoms with Crippen molar-refractivity contribution in [2.75, 3.05) is 10.6 Å². The Balaban J connectivity index is 1.63.